The fraction of sp³-hybridized carbons (Fsp3) is 0.360. The molecule has 0 bridgehead atoms. The molecule has 3 nitrogen and oxygen atoms in total. The normalized spacial score (nSPS) is 10.5. The van der Waals surface area contributed by atoms with Crippen molar-refractivity contribution >= 4 is 11.3 Å². The van der Waals surface area contributed by atoms with Gasteiger partial charge >= 0.3 is 0 Å². The van der Waals surface area contributed by atoms with Crippen LogP contribution in [0.1, 0.15) is 79.8 Å². The number of hydrogen-bond donors (Lipinski definition) is 1. The van der Waals surface area contributed by atoms with Gasteiger partial charge in [0.2, 0.25) is 0 Å². The van der Waals surface area contributed by atoms with Crippen molar-refractivity contribution < 1.29 is 0 Å². The molecule has 0 aromatic heterocycles. The highest BCUT2D eigenvalue weighted by Gasteiger charge is 2.15. The van der Waals surface area contributed by atoms with E-state index in [2.05, 4.69) is 39.0 Å². The molecule has 28 heavy (non-hydrogen) atoms. The van der Waals surface area contributed by atoms with Crippen molar-refractivity contribution in [3.8, 4) is 12.1 Å². The van der Waals surface area contributed by atoms with Crippen molar-refractivity contribution in [2.75, 3.05) is 5.73 Å². The summed E-state index contributed by atoms with van der Waals surface area (Å²) in [6.07, 6.45) is 6.67. The Labute approximate surface area is 170 Å². The number of nitriles is 2. The number of nitrogen functional groups attached to an aromatic ring is 1. The van der Waals surface area contributed by atoms with Gasteiger partial charge in [0.05, 0.1) is 22.9 Å². The first kappa shape index (κ1) is 23.0. The Morgan fingerprint density at radius 1 is 0.929 bits per heavy atom. The van der Waals surface area contributed by atoms with Crippen LogP contribution in [0.5, 0.6) is 0 Å². The van der Waals surface area contributed by atoms with Crippen LogP contribution in [0.25, 0.3) is 5.57 Å². The first-order valence-electron chi connectivity index (χ1n) is 9.95. The molecule has 3 heteroatoms. The van der Waals surface area contributed by atoms with Crippen LogP contribution < -0.4 is 5.73 Å². The Bertz CT molecular complexity index is 907. The standard InChI is InChI=1S/C21H21N3.C4H10/c1-4-5-7-17(18-8-6-9-21(24)20(18)13-23)19-11-16(12-22)14(2)10-15(19)3;1-3-4-2/h6-11H,4-5,24H2,1-3H3;3-4H2,1-2H3/b17-7-;. The van der Waals surface area contributed by atoms with E-state index in [1.165, 1.54) is 12.8 Å². The van der Waals surface area contributed by atoms with E-state index < -0.39 is 0 Å². The number of aryl methyl sites for hydroxylation is 2. The zero-order valence-corrected chi connectivity index (χ0v) is 17.8. The number of nitrogens with zero attached hydrogens (tertiary/aromatic N) is 2. The first-order valence-corrected chi connectivity index (χ1v) is 9.95. The zero-order valence-electron chi connectivity index (χ0n) is 17.8. The number of hydrogen-bond acceptors (Lipinski definition) is 3. The molecule has 0 atom stereocenters. The number of allylic oxidation sites excluding steroid dienone is 1. The number of anilines is 1. The minimum absolute atomic E-state index is 0.475. The van der Waals surface area contributed by atoms with Crippen LogP contribution >= 0.6 is 0 Å². The van der Waals surface area contributed by atoms with Crippen molar-refractivity contribution in [3.63, 3.8) is 0 Å². The maximum absolute atomic E-state index is 9.53. The highest BCUT2D eigenvalue weighted by atomic mass is 14.6. The lowest BCUT2D eigenvalue weighted by molar-refractivity contribution is 0.886. The molecule has 0 radical (unpaired) electrons. The van der Waals surface area contributed by atoms with Crippen molar-refractivity contribution in [1.82, 2.24) is 0 Å². The van der Waals surface area contributed by atoms with E-state index in [4.69, 9.17) is 5.73 Å². The Morgan fingerprint density at radius 3 is 2.14 bits per heavy atom. The Morgan fingerprint density at radius 2 is 1.61 bits per heavy atom. The fourth-order valence-corrected chi connectivity index (χ4v) is 2.84. The summed E-state index contributed by atoms with van der Waals surface area (Å²) in [7, 11) is 0. The van der Waals surface area contributed by atoms with E-state index in [-0.39, 0.29) is 0 Å². The summed E-state index contributed by atoms with van der Waals surface area (Å²) in [5, 5.41) is 18.9. The highest BCUT2D eigenvalue weighted by molar-refractivity contribution is 5.86. The Hall–Kier alpha value is -3.04. The van der Waals surface area contributed by atoms with Gasteiger partial charge in [-0.2, -0.15) is 10.5 Å². The van der Waals surface area contributed by atoms with Crippen LogP contribution in [0.2, 0.25) is 0 Å². The topological polar surface area (TPSA) is 73.6 Å². The molecule has 0 amide bonds. The molecule has 146 valence electrons. The minimum Gasteiger partial charge on any atom is -0.398 e. The van der Waals surface area contributed by atoms with Gasteiger partial charge in [-0.15, -0.1) is 0 Å². The van der Waals surface area contributed by atoms with Crippen LogP contribution in [0, 0.1) is 36.5 Å². The lowest BCUT2D eigenvalue weighted by Gasteiger charge is -2.15. The SMILES string of the molecule is CCC/C=C(\c1cc(C#N)c(C)cc1C)c1cccc(N)c1C#N.CCCC. The average Bonchev–Trinajstić information content (AvgIpc) is 2.69. The molecule has 0 aliphatic rings. The van der Waals surface area contributed by atoms with Gasteiger partial charge in [0.1, 0.15) is 6.07 Å². The number of unbranched alkanes of at least 4 members (excludes halogenated alkanes) is 2. The van der Waals surface area contributed by atoms with E-state index in [1.807, 2.05) is 38.1 Å². The third-order valence-electron chi connectivity index (χ3n) is 4.62. The van der Waals surface area contributed by atoms with Gasteiger partial charge in [0.25, 0.3) is 0 Å². The van der Waals surface area contributed by atoms with Gasteiger partial charge in [-0.05, 0) is 54.7 Å². The first-order chi connectivity index (χ1) is 13.4. The molecule has 2 aromatic carbocycles. The second-order valence-corrected chi connectivity index (χ2v) is 6.88. The lowest BCUT2D eigenvalue weighted by Crippen LogP contribution is -2.00. The quantitative estimate of drug-likeness (QED) is 0.595. The molecule has 0 spiro atoms. The molecular weight excluding hydrogens is 342 g/mol. The summed E-state index contributed by atoms with van der Waals surface area (Å²) in [5.74, 6) is 0. The minimum atomic E-state index is 0.475. The molecule has 0 aliphatic carbocycles. The van der Waals surface area contributed by atoms with E-state index in [0.717, 1.165) is 40.7 Å². The molecule has 0 unspecified atom stereocenters. The molecule has 0 aliphatic heterocycles. The fourth-order valence-electron chi connectivity index (χ4n) is 2.84. The van der Waals surface area contributed by atoms with Crippen molar-refractivity contribution in [1.29, 1.82) is 10.5 Å². The summed E-state index contributed by atoms with van der Waals surface area (Å²) in [6, 6.07) is 13.9. The summed E-state index contributed by atoms with van der Waals surface area (Å²) in [5.41, 5.74) is 12.4. The van der Waals surface area contributed by atoms with E-state index in [0.29, 0.717) is 16.8 Å². The van der Waals surface area contributed by atoms with Crippen LogP contribution in [0.15, 0.2) is 36.4 Å². The zero-order chi connectivity index (χ0) is 21.1. The predicted molar refractivity (Wildman–Crippen MR) is 119 cm³/mol. The monoisotopic (exact) mass is 373 g/mol. The largest absolute Gasteiger partial charge is 0.398 e. The molecule has 0 heterocycles. The van der Waals surface area contributed by atoms with Gasteiger partial charge in [-0.1, -0.05) is 64.3 Å². The molecule has 2 rings (SSSR count). The smallest absolute Gasteiger partial charge is 0.102 e. The average molecular weight is 374 g/mol. The number of nitrogens with two attached hydrogens (primary N) is 1. The maximum Gasteiger partial charge on any atom is 0.102 e. The van der Waals surface area contributed by atoms with Crippen molar-refractivity contribution in [2.45, 2.75) is 60.3 Å². The van der Waals surface area contributed by atoms with Crippen molar-refractivity contribution in [3.05, 3.63) is 69.8 Å². The Kier molecular flexibility index (Phi) is 9.55. The van der Waals surface area contributed by atoms with E-state index >= 15 is 0 Å². The number of benzene rings is 2. The van der Waals surface area contributed by atoms with Crippen LogP contribution in [0.4, 0.5) is 5.69 Å². The van der Waals surface area contributed by atoms with Gasteiger partial charge in [-0.25, -0.2) is 0 Å². The highest BCUT2D eigenvalue weighted by Crippen LogP contribution is 2.32. The van der Waals surface area contributed by atoms with Gasteiger partial charge < -0.3 is 5.73 Å². The van der Waals surface area contributed by atoms with Crippen LogP contribution in [0.3, 0.4) is 0 Å². The van der Waals surface area contributed by atoms with Crippen LogP contribution in [-0.2, 0) is 0 Å². The second-order valence-electron chi connectivity index (χ2n) is 6.88. The summed E-state index contributed by atoms with van der Waals surface area (Å²) < 4.78 is 0. The van der Waals surface area contributed by atoms with Gasteiger partial charge in [0.15, 0.2) is 0 Å². The third kappa shape index (κ3) is 5.73. The Balaban J connectivity index is 0.000000892. The molecule has 0 saturated carbocycles. The van der Waals surface area contributed by atoms with Crippen molar-refractivity contribution in [2.24, 2.45) is 0 Å². The van der Waals surface area contributed by atoms with Gasteiger partial charge in [0, 0.05) is 5.56 Å². The second kappa shape index (κ2) is 11.6. The summed E-state index contributed by atoms with van der Waals surface area (Å²) >= 11 is 0. The van der Waals surface area contributed by atoms with Crippen LogP contribution in [-0.4, -0.2) is 0 Å². The molecule has 2 N–H and O–H groups in total. The maximum atomic E-state index is 9.53. The van der Waals surface area contributed by atoms with E-state index in [9.17, 15) is 10.5 Å². The molecular formula is C25H31N3. The van der Waals surface area contributed by atoms with Gasteiger partial charge in [-0.3, -0.25) is 0 Å². The number of rotatable bonds is 5. The molecule has 0 fully saturated rings. The molecule has 2 aromatic rings. The third-order valence-corrected chi connectivity index (χ3v) is 4.62. The summed E-state index contributed by atoms with van der Waals surface area (Å²) in [4.78, 5) is 0. The van der Waals surface area contributed by atoms with E-state index in [1.54, 1.807) is 6.07 Å². The predicted octanol–water partition coefficient (Wildman–Crippen LogP) is 6.67. The summed E-state index contributed by atoms with van der Waals surface area (Å²) in [6.45, 7) is 10.4. The molecule has 0 saturated heterocycles. The lowest BCUT2D eigenvalue weighted by atomic mass is 9.88.